The highest BCUT2D eigenvalue weighted by Crippen LogP contribution is 2.25. The molecule has 0 saturated carbocycles. The van der Waals surface area contributed by atoms with Gasteiger partial charge in [0, 0.05) is 36.4 Å². The molecule has 0 unspecified atom stereocenters. The van der Waals surface area contributed by atoms with Crippen molar-refractivity contribution in [1.82, 2.24) is 4.98 Å². The second-order valence-electron chi connectivity index (χ2n) is 4.73. The lowest BCUT2D eigenvalue weighted by Gasteiger charge is -2.07. The summed E-state index contributed by atoms with van der Waals surface area (Å²) in [4.78, 5) is 20.7. The number of hydrogen-bond donors (Lipinski definition) is 0. The fourth-order valence-corrected chi connectivity index (χ4v) is 2.35. The van der Waals surface area contributed by atoms with Crippen LogP contribution in [0.5, 0.6) is 0 Å². The summed E-state index contributed by atoms with van der Waals surface area (Å²) >= 11 is 0. The molecule has 0 saturated heterocycles. The number of benzene rings is 1. The molecule has 21 heavy (non-hydrogen) atoms. The molecule has 0 amide bonds. The number of aromatic nitrogens is 1. The van der Waals surface area contributed by atoms with Gasteiger partial charge in [0.1, 0.15) is 5.82 Å². The number of Topliss-reactive ketones (excluding diaryl/α,β-unsaturated/α-hetero) is 1. The van der Waals surface area contributed by atoms with Gasteiger partial charge in [-0.05, 0) is 23.8 Å². The third-order valence-corrected chi connectivity index (χ3v) is 3.39. The topological polar surface area (TPSA) is 42.3 Å². The van der Waals surface area contributed by atoms with Gasteiger partial charge in [0.05, 0.1) is 5.56 Å². The quantitative estimate of drug-likeness (QED) is 0.640. The average molecular weight is 278 g/mol. The number of ketones is 1. The number of halogens is 1. The summed E-state index contributed by atoms with van der Waals surface area (Å²) in [7, 11) is 0. The molecule has 1 aliphatic heterocycles. The Morgan fingerprint density at radius 3 is 3.05 bits per heavy atom. The van der Waals surface area contributed by atoms with Crippen molar-refractivity contribution in [2.45, 2.75) is 12.8 Å². The van der Waals surface area contributed by atoms with Crippen molar-refractivity contribution in [2.24, 2.45) is 4.99 Å². The van der Waals surface area contributed by atoms with Crippen LogP contribution in [0.3, 0.4) is 0 Å². The molecule has 3 nitrogen and oxygen atoms in total. The van der Waals surface area contributed by atoms with Gasteiger partial charge in [-0.2, -0.15) is 0 Å². The molecule has 0 N–H and O–H groups in total. The third-order valence-electron chi connectivity index (χ3n) is 3.39. The van der Waals surface area contributed by atoms with Crippen molar-refractivity contribution in [3.8, 4) is 12.3 Å². The van der Waals surface area contributed by atoms with Gasteiger partial charge in [-0.25, -0.2) is 14.4 Å². The zero-order valence-electron chi connectivity index (χ0n) is 11.1. The van der Waals surface area contributed by atoms with E-state index in [4.69, 9.17) is 6.42 Å². The fraction of sp³-hybridized carbons (Fsp3) is 0.118. The van der Waals surface area contributed by atoms with Gasteiger partial charge >= 0.3 is 0 Å². The van der Waals surface area contributed by atoms with Crippen LogP contribution in [0.25, 0.3) is 0 Å². The predicted molar refractivity (Wildman–Crippen MR) is 78.5 cm³/mol. The largest absolute Gasteiger partial charge is 0.294 e. The Morgan fingerprint density at radius 2 is 2.24 bits per heavy atom. The SMILES string of the molecule is C#Cc1cc(CC(=O)c2ccnc3c2CC=N3)ccc1F. The van der Waals surface area contributed by atoms with E-state index in [-0.39, 0.29) is 17.8 Å². The first kappa shape index (κ1) is 13.2. The lowest BCUT2D eigenvalue weighted by atomic mass is 9.98. The standard InChI is InChI=1S/C17H11FN2O/c1-2-12-9-11(3-4-15(12)18)10-16(21)13-5-7-19-17-14(13)6-8-20-17/h1,3-5,7-9H,6,10H2. The van der Waals surface area contributed by atoms with Crippen LogP contribution >= 0.6 is 0 Å². The van der Waals surface area contributed by atoms with Gasteiger partial charge in [-0.1, -0.05) is 12.0 Å². The lowest BCUT2D eigenvalue weighted by Crippen LogP contribution is -2.07. The molecule has 0 bridgehead atoms. The van der Waals surface area contributed by atoms with Crippen LogP contribution < -0.4 is 0 Å². The highest BCUT2D eigenvalue weighted by Gasteiger charge is 2.18. The number of pyridine rings is 1. The molecule has 1 aromatic carbocycles. The highest BCUT2D eigenvalue weighted by molar-refractivity contribution is 6.01. The van der Waals surface area contributed by atoms with Crippen LogP contribution in [0.1, 0.15) is 27.0 Å². The summed E-state index contributed by atoms with van der Waals surface area (Å²) in [6, 6.07) is 6.09. The molecule has 0 spiro atoms. The summed E-state index contributed by atoms with van der Waals surface area (Å²) in [6.45, 7) is 0. The van der Waals surface area contributed by atoms with Gasteiger partial charge in [-0.3, -0.25) is 4.79 Å². The zero-order chi connectivity index (χ0) is 14.8. The Morgan fingerprint density at radius 1 is 1.38 bits per heavy atom. The van der Waals surface area contributed by atoms with E-state index >= 15 is 0 Å². The van der Waals surface area contributed by atoms with E-state index in [1.54, 1.807) is 24.5 Å². The zero-order valence-corrected chi connectivity index (χ0v) is 11.1. The first-order valence-corrected chi connectivity index (χ1v) is 6.47. The maximum Gasteiger partial charge on any atom is 0.167 e. The molecule has 3 rings (SSSR count). The normalized spacial score (nSPS) is 12.0. The van der Waals surface area contributed by atoms with Gasteiger partial charge in [0.15, 0.2) is 11.6 Å². The van der Waals surface area contributed by atoms with Gasteiger partial charge in [0.2, 0.25) is 0 Å². The van der Waals surface area contributed by atoms with Crippen molar-refractivity contribution >= 4 is 17.8 Å². The monoisotopic (exact) mass is 278 g/mol. The minimum absolute atomic E-state index is 0.0475. The first-order chi connectivity index (χ1) is 10.2. The van der Waals surface area contributed by atoms with E-state index in [2.05, 4.69) is 15.9 Å². The summed E-state index contributed by atoms with van der Waals surface area (Å²) in [5, 5.41) is 0. The highest BCUT2D eigenvalue weighted by atomic mass is 19.1. The number of carbonyl (C=O) groups is 1. The van der Waals surface area contributed by atoms with Crippen molar-refractivity contribution in [3.63, 3.8) is 0 Å². The minimum Gasteiger partial charge on any atom is -0.294 e. The van der Waals surface area contributed by atoms with E-state index in [9.17, 15) is 9.18 Å². The maximum atomic E-state index is 13.4. The molecule has 0 atom stereocenters. The second kappa shape index (κ2) is 5.29. The van der Waals surface area contributed by atoms with E-state index in [1.165, 1.54) is 12.1 Å². The molecular formula is C17H11FN2O. The molecule has 0 fully saturated rings. The van der Waals surface area contributed by atoms with E-state index < -0.39 is 5.82 Å². The molecule has 1 aromatic heterocycles. The number of fused-ring (bicyclic) bond motifs is 1. The molecule has 2 heterocycles. The first-order valence-electron chi connectivity index (χ1n) is 6.47. The molecule has 2 aromatic rings. The number of rotatable bonds is 3. The van der Waals surface area contributed by atoms with Crippen LogP contribution in [0, 0.1) is 18.2 Å². The van der Waals surface area contributed by atoms with E-state index in [0.717, 1.165) is 5.56 Å². The fourth-order valence-electron chi connectivity index (χ4n) is 2.35. The molecule has 0 aliphatic carbocycles. The number of aliphatic imine (C=N–C) groups is 1. The molecule has 4 heteroatoms. The van der Waals surface area contributed by atoms with Gasteiger partial charge in [0.25, 0.3) is 0 Å². The summed E-state index contributed by atoms with van der Waals surface area (Å²) in [6.07, 6.45) is 9.34. The molecule has 102 valence electrons. The Kier molecular flexibility index (Phi) is 3.33. The Balaban J connectivity index is 1.88. The molecular weight excluding hydrogens is 267 g/mol. The Hall–Kier alpha value is -2.80. The maximum absolute atomic E-state index is 13.4. The van der Waals surface area contributed by atoms with Crippen molar-refractivity contribution in [1.29, 1.82) is 0 Å². The third kappa shape index (κ3) is 2.46. The van der Waals surface area contributed by atoms with Gasteiger partial charge in [-0.15, -0.1) is 6.42 Å². The lowest BCUT2D eigenvalue weighted by molar-refractivity contribution is 0.0992. The Bertz CT molecular complexity index is 803. The number of nitrogens with zero attached hydrogens (tertiary/aromatic N) is 2. The van der Waals surface area contributed by atoms with Crippen molar-refractivity contribution in [3.05, 3.63) is 58.5 Å². The van der Waals surface area contributed by atoms with Crippen molar-refractivity contribution in [2.75, 3.05) is 0 Å². The predicted octanol–water partition coefficient (Wildman–Crippen LogP) is 2.89. The summed E-state index contributed by atoms with van der Waals surface area (Å²) in [5.74, 6) is 2.38. The van der Waals surface area contributed by atoms with Gasteiger partial charge < -0.3 is 0 Å². The van der Waals surface area contributed by atoms with Crippen LogP contribution in [0.2, 0.25) is 0 Å². The van der Waals surface area contributed by atoms with E-state index in [0.29, 0.717) is 23.4 Å². The number of carbonyl (C=O) groups excluding carboxylic acids is 1. The molecule has 1 aliphatic rings. The van der Waals surface area contributed by atoms with E-state index in [1.807, 2.05) is 0 Å². The summed E-state index contributed by atoms with van der Waals surface area (Å²) < 4.78 is 13.4. The van der Waals surface area contributed by atoms with Crippen LogP contribution in [-0.2, 0) is 12.8 Å². The van der Waals surface area contributed by atoms with Crippen LogP contribution in [-0.4, -0.2) is 17.0 Å². The van der Waals surface area contributed by atoms with Crippen molar-refractivity contribution < 1.29 is 9.18 Å². The van der Waals surface area contributed by atoms with Crippen LogP contribution in [0.15, 0.2) is 35.5 Å². The van der Waals surface area contributed by atoms with Crippen LogP contribution in [0.4, 0.5) is 10.2 Å². The second-order valence-corrected chi connectivity index (χ2v) is 4.73. The number of terminal acetylenes is 1. The molecule has 0 radical (unpaired) electrons. The number of hydrogen-bond acceptors (Lipinski definition) is 3. The smallest absolute Gasteiger partial charge is 0.167 e. The minimum atomic E-state index is -0.452. The average Bonchev–Trinajstić information content (AvgIpc) is 2.97. The Labute approximate surface area is 121 Å². The summed E-state index contributed by atoms with van der Waals surface area (Å²) in [5.41, 5.74) is 2.33.